The average molecular weight is 424 g/mol. The van der Waals surface area contributed by atoms with Crippen LogP contribution in [0, 0.1) is 28.1 Å². The lowest BCUT2D eigenvalue weighted by Crippen LogP contribution is -2.67. The fourth-order valence-electron chi connectivity index (χ4n) is 8.12. The van der Waals surface area contributed by atoms with Crippen molar-refractivity contribution in [3.05, 3.63) is 0 Å². The molecule has 0 aromatic rings. The largest absolute Gasteiger partial charge is 0.459 e. The number of hydrogen-bond donors (Lipinski definition) is 3. The molecule has 0 aromatic carbocycles. The Morgan fingerprint density at radius 3 is 2.33 bits per heavy atom. The predicted molar refractivity (Wildman–Crippen MR) is 92.0 cm³/mol. The Morgan fingerprint density at radius 2 is 1.70 bits per heavy atom. The van der Waals surface area contributed by atoms with E-state index in [2.05, 4.69) is 0 Å². The van der Waals surface area contributed by atoms with Gasteiger partial charge in [-0.2, -0.15) is 0 Å². The van der Waals surface area contributed by atoms with E-state index in [9.17, 15) is 29.7 Å². The van der Waals surface area contributed by atoms with Gasteiger partial charge in [0.15, 0.2) is 17.8 Å². The number of hydrogen-bond acceptors (Lipinski definition) is 10. The number of fused-ring (bicyclic) bond motifs is 1. The summed E-state index contributed by atoms with van der Waals surface area (Å²) >= 11 is 0. The van der Waals surface area contributed by atoms with E-state index in [1.807, 2.05) is 20.8 Å². The predicted octanol–water partition coefficient (Wildman–Crippen LogP) is -1.37. The second kappa shape index (κ2) is 4.69. The highest BCUT2D eigenvalue weighted by Crippen LogP contribution is 2.84. The van der Waals surface area contributed by atoms with Gasteiger partial charge in [0.05, 0.1) is 16.7 Å². The van der Waals surface area contributed by atoms with Crippen LogP contribution in [-0.4, -0.2) is 75.1 Å². The van der Waals surface area contributed by atoms with Gasteiger partial charge in [0.2, 0.25) is 11.9 Å². The van der Waals surface area contributed by atoms with Crippen LogP contribution in [0.15, 0.2) is 0 Å². The van der Waals surface area contributed by atoms with Gasteiger partial charge >= 0.3 is 17.9 Å². The van der Waals surface area contributed by atoms with Gasteiger partial charge in [0, 0.05) is 0 Å². The van der Waals surface area contributed by atoms with Crippen LogP contribution in [0.25, 0.3) is 0 Å². The number of ether oxygens (including phenoxy) is 4. The van der Waals surface area contributed by atoms with E-state index in [4.69, 9.17) is 18.9 Å². The molecule has 2 saturated carbocycles. The average Bonchev–Trinajstić information content (AvgIpc) is 3.35. The minimum absolute atomic E-state index is 0.229. The summed E-state index contributed by atoms with van der Waals surface area (Å²) in [6, 6.07) is 0. The molecule has 0 bridgehead atoms. The van der Waals surface area contributed by atoms with Crippen molar-refractivity contribution in [2.24, 2.45) is 28.1 Å². The summed E-state index contributed by atoms with van der Waals surface area (Å²) in [6.07, 6.45) is -6.91. The summed E-state index contributed by atoms with van der Waals surface area (Å²) in [5, 5.41) is 34.7. The Balaban J connectivity index is 1.72. The van der Waals surface area contributed by atoms with Crippen molar-refractivity contribution in [2.75, 3.05) is 0 Å². The summed E-state index contributed by atoms with van der Waals surface area (Å²) in [6.45, 7) is 7.14. The molecule has 6 aliphatic rings. The maximum absolute atomic E-state index is 13.4. The summed E-state index contributed by atoms with van der Waals surface area (Å²) in [4.78, 5) is 38.2. The van der Waals surface area contributed by atoms with Crippen molar-refractivity contribution in [1.82, 2.24) is 0 Å². The first-order chi connectivity index (χ1) is 13.8. The molecule has 0 amide bonds. The van der Waals surface area contributed by atoms with Crippen LogP contribution >= 0.6 is 0 Å². The topological polar surface area (TPSA) is 149 Å². The normalized spacial score (nSPS) is 60.1. The second-order valence-electron chi connectivity index (χ2n) is 10.7. The van der Waals surface area contributed by atoms with Crippen molar-refractivity contribution < 1.29 is 48.7 Å². The van der Waals surface area contributed by atoms with E-state index in [0.29, 0.717) is 0 Å². The second-order valence-corrected chi connectivity index (χ2v) is 10.7. The number of esters is 3. The number of aliphatic hydroxyl groups is 3. The number of aliphatic hydroxyl groups excluding tert-OH is 2. The van der Waals surface area contributed by atoms with Crippen molar-refractivity contribution >= 4 is 17.9 Å². The van der Waals surface area contributed by atoms with Crippen LogP contribution in [0.5, 0.6) is 0 Å². The fraction of sp³-hybridized carbons (Fsp3) is 0.850. The highest BCUT2D eigenvalue weighted by Gasteiger charge is 3.03. The van der Waals surface area contributed by atoms with Crippen LogP contribution in [0.1, 0.15) is 34.1 Å². The van der Waals surface area contributed by atoms with Crippen LogP contribution < -0.4 is 0 Å². The Labute approximate surface area is 171 Å². The Kier molecular flexibility index (Phi) is 2.97. The first kappa shape index (κ1) is 19.0. The molecule has 3 N–H and O–H groups in total. The molecular formula is C20H24O10. The standard InChI is InChI=1S/C20H24O10/c1-6-12(23)28-11-9(21)18-8-5-7(16(2,3)4)17(18)10(22)13(24)29-15(17)30-20(18,14(25)27-8)19(6,11)26/h6-11,15,21-22,26H,5H2,1-4H3/t6-,7+,8-,9?,10+,11?,15+,17+,18?,19-,20-/m1/s1. The van der Waals surface area contributed by atoms with E-state index in [0.717, 1.165) is 0 Å². The van der Waals surface area contributed by atoms with Crippen LogP contribution in [0.3, 0.4) is 0 Å². The lowest BCUT2D eigenvalue weighted by Gasteiger charge is -2.47. The number of rotatable bonds is 0. The molecule has 6 fully saturated rings. The first-order valence-electron chi connectivity index (χ1n) is 10.2. The number of carbonyl (C=O) groups is 3. The quantitative estimate of drug-likeness (QED) is 0.314. The molecule has 10 nitrogen and oxygen atoms in total. The minimum Gasteiger partial charge on any atom is -0.459 e. The van der Waals surface area contributed by atoms with Gasteiger partial charge < -0.3 is 34.3 Å². The number of carbonyl (C=O) groups excluding carboxylic acids is 3. The molecule has 30 heavy (non-hydrogen) atoms. The van der Waals surface area contributed by atoms with Gasteiger partial charge in [-0.3, -0.25) is 4.79 Å². The third-order valence-electron chi connectivity index (χ3n) is 9.00. The van der Waals surface area contributed by atoms with Crippen molar-refractivity contribution in [2.45, 2.75) is 76.0 Å². The molecule has 0 aromatic heterocycles. The molecule has 4 heterocycles. The third-order valence-corrected chi connectivity index (χ3v) is 9.00. The van der Waals surface area contributed by atoms with Gasteiger partial charge in [-0.1, -0.05) is 20.8 Å². The Bertz CT molecular complexity index is 925. The Morgan fingerprint density at radius 1 is 1.03 bits per heavy atom. The maximum atomic E-state index is 13.4. The summed E-state index contributed by atoms with van der Waals surface area (Å²) in [5.74, 6) is -4.32. The van der Waals surface area contributed by atoms with Crippen LogP contribution in [0.4, 0.5) is 0 Å². The zero-order chi connectivity index (χ0) is 21.8. The van der Waals surface area contributed by atoms with Crippen molar-refractivity contribution in [1.29, 1.82) is 0 Å². The van der Waals surface area contributed by atoms with Crippen LogP contribution in [-0.2, 0) is 33.3 Å². The fourth-order valence-corrected chi connectivity index (χ4v) is 8.12. The van der Waals surface area contributed by atoms with Gasteiger partial charge in [-0.25, -0.2) is 9.59 Å². The summed E-state index contributed by atoms with van der Waals surface area (Å²) in [5.41, 5.74) is -8.26. The highest BCUT2D eigenvalue weighted by molar-refractivity contribution is 5.94. The SMILES string of the molecule is C[C@@H]1C(=O)OC2C(O)C34[C@H]5C[C@@H](C(C)(C)C)[C@]36[C@@H](OC(=O)[C@@H]6O)O[C@@]4(C(=O)O5)[C@]21O. The zero-order valence-corrected chi connectivity index (χ0v) is 16.9. The molecule has 11 atom stereocenters. The monoisotopic (exact) mass is 424 g/mol. The molecule has 4 aliphatic heterocycles. The van der Waals surface area contributed by atoms with Crippen molar-refractivity contribution in [3.63, 3.8) is 0 Å². The van der Waals surface area contributed by atoms with E-state index >= 15 is 0 Å². The summed E-state index contributed by atoms with van der Waals surface area (Å²) < 4.78 is 22.5. The minimum atomic E-state index is -2.24. The third kappa shape index (κ3) is 1.33. The lowest BCUT2D eigenvalue weighted by molar-refractivity contribution is -0.239. The molecule has 10 heteroatoms. The van der Waals surface area contributed by atoms with Gasteiger partial charge in [-0.05, 0) is 24.7 Å². The molecule has 0 radical (unpaired) electrons. The van der Waals surface area contributed by atoms with Gasteiger partial charge in [0.1, 0.15) is 12.2 Å². The van der Waals surface area contributed by atoms with E-state index in [1.165, 1.54) is 6.92 Å². The van der Waals surface area contributed by atoms with E-state index < -0.39 is 87.9 Å². The lowest BCUT2D eigenvalue weighted by atomic mass is 9.51. The smallest absolute Gasteiger partial charge is 0.343 e. The van der Waals surface area contributed by atoms with E-state index in [1.54, 1.807) is 0 Å². The molecular weight excluding hydrogens is 400 g/mol. The molecule has 3 unspecified atom stereocenters. The molecule has 6 rings (SSSR count). The Hall–Kier alpha value is -1.75. The maximum Gasteiger partial charge on any atom is 0.343 e. The van der Waals surface area contributed by atoms with Gasteiger partial charge in [-0.15, -0.1) is 0 Å². The van der Waals surface area contributed by atoms with E-state index in [-0.39, 0.29) is 6.42 Å². The van der Waals surface area contributed by atoms with Gasteiger partial charge in [0.25, 0.3) is 0 Å². The first-order valence-corrected chi connectivity index (χ1v) is 10.2. The van der Waals surface area contributed by atoms with Crippen LogP contribution in [0.2, 0.25) is 0 Å². The van der Waals surface area contributed by atoms with Crippen molar-refractivity contribution in [3.8, 4) is 0 Å². The molecule has 2 aliphatic carbocycles. The highest BCUT2D eigenvalue weighted by atomic mass is 16.8. The zero-order valence-electron chi connectivity index (χ0n) is 16.9. The molecule has 164 valence electrons. The molecule has 4 saturated heterocycles. The summed E-state index contributed by atoms with van der Waals surface area (Å²) in [7, 11) is 0. The molecule has 2 spiro atoms.